The number of aromatic nitrogens is 1. The second kappa shape index (κ2) is 7.39. The molecule has 0 spiro atoms. The molecule has 130 valence electrons. The van der Waals surface area contributed by atoms with Gasteiger partial charge in [0.25, 0.3) is 11.6 Å². The molecule has 8 heteroatoms. The van der Waals surface area contributed by atoms with Crippen molar-refractivity contribution in [3.63, 3.8) is 0 Å². The fraction of sp³-hybridized carbons (Fsp3) is 0.0556. The molecular weight excluding hydrogens is 336 g/mol. The van der Waals surface area contributed by atoms with Gasteiger partial charge in [0.1, 0.15) is 11.5 Å². The number of carbonyl (C=O) groups excluding carboxylic acids is 1. The molecular formula is C18H14N4O4. The number of amides is 1. The molecule has 3 rings (SSSR count). The Hall–Kier alpha value is -3.81. The van der Waals surface area contributed by atoms with E-state index in [-0.39, 0.29) is 11.6 Å². The zero-order valence-corrected chi connectivity index (χ0v) is 13.7. The molecule has 2 aromatic heterocycles. The van der Waals surface area contributed by atoms with Crippen LogP contribution in [0.2, 0.25) is 0 Å². The van der Waals surface area contributed by atoms with E-state index in [1.54, 1.807) is 43.5 Å². The van der Waals surface area contributed by atoms with Crippen LogP contribution in [-0.2, 0) is 0 Å². The second-order valence-electron chi connectivity index (χ2n) is 5.40. The number of nitrogens with zero attached hydrogens (tertiary/aromatic N) is 3. The van der Waals surface area contributed by atoms with Gasteiger partial charge in [-0.1, -0.05) is 0 Å². The number of hydrogen-bond acceptors (Lipinski definition) is 6. The maximum absolute atomic E-state index is 11.8. The van der Waals surface area contributed by atoms with E-state index in [0.29, 0.717) is 17.1 Å². The summed E-state index contributed by atoms with van der Waals surface area (Å²) in [7, 11) is 0. The van der Waals surface area contributed by atoms with Crippen LogP contribution >= 0.6 is 0 Å². The number of carbonyl (C=O) groups is 1. The van der Waals surface area contributed by atoms with Gasteiger partial charge in [-0.05, 0) is 42.8 Å². The van der Waals surface area contributed by atoms with E-state index >= 15 is 0 Å². The number of hydrazone groups is 1. The van der Waals surface area contributed by atoms with Crippen LogP contribution in [0.4, 0.5) is 5.69 Å². The van der Waals surface area contributed by atoms with Crippen LogP contribution in [0.5, 0.6) is 0 Å². The summed E-state index contributed by atoms with van der Waals surface area (Å²) in [6.45, 7) is 1.77. The Morgan fingerprint density at radius 2 is 2.15 bits per heavy atom. The number of benzene rings is 1. The van der Waals surface area contributed by atoms with Crippen LogP contribution < -0.4 is 5.43 Å². The van der Waals surface area contributed by atoms with Gasteiger partial charge in [-0.2, -0.15) is 5.10 Å². The van der Waals surface area contributed by atoms with Crippen molar-refractivity contribution in [1.82, 2.24) is 10.4 Å². The number of non-ortho nitro benzene ring substituents is 1. The summed E-state index contributed by atoms with van der Waals surface area (Å²) in [5.41, 5.74) is 4.27. The Morgan fingerprint density at radius 1 is 1.31 bits per heavy atom. The molecule has 26 heavy (non-hydrogen) atoms. The zero-order chi connectivity index (χ0) is 18.5. The highest BCUT2D eigenvalue weighted by molar-refractivity contribution is 5.94. The van der Waals surface area contributed by atoms with E-state index in [0.717, 1.165) is 11.1 Å². The Morgan fingerprint density at radius 3 is 2.85 bits per heavy atom. The molecule has 0 saturated heterocycles. The molecule has 2 heterocycles. The molecule has 0 saturated carbocycles. The molecule has 3 aromatic rings. The van der Waals surface area contributed by atoms with E-state index in [9.17, 15) is 14.9 Å². The van der Waals surface area contributed by atoms with Crippen LogP contribution in [0.1, 0.15) is 21.7 Å². The lowest BCUT2D eigenvalue weighted by Gasteiger charge is -2.02. The fourth-order valence-electron chi connectivity index (χ4n) is 2.32. The Balaban J connectivity index is 1.70. The minimum Gasteiger partial charge on any atom is -0.455 e. The molecule has 0 aliphatic heterocycles. The first-order valence-electron chi connectivity index (χ1n) is 7.63. The molecule has 0 unspecified atom stereocenters. The van der Waals surface area contributed by atoms with Crippen LogP contribution in [0.25, 0.3) is 11.3 Å². The predicted octanol–water partition coefficient (Wildman–Crippen LogP) is 3.32. The molecule has 0 radical (unpaired) electrons. The van der Waals surface area contributed by atoms with Gasteiger partial charge >= 0.3 is 0 Å². The lowest BCUT2D eigenvalue weighted by molar-refractivity contribution is -0.384. The number of nitrogens with one attached hydrogen (secondary N) is 1. The average Bonchev–Trinajstić information content (AvgIpc) is 3.10. The fourth-order valence-corrected chi connectivity index (χ4v) is 2.32. The highest BCUT2D eigenvalue weighted by atomic mass is 16.6. The number of furan rings is 1. The number of aryl methyl sites for hydroxylation is 1. The number of nitro benzene ring substituents is 1. The number of hydrogen-bond donors (Lipinski definition) is 1. The number of nitro groups is 1. The predicted molar refractivity (Wildman–Crippen MR) is 94.8 cm³/mol. The summed E-state index contributed by atoms with van der Waals surface area (Å²) in [5.74, 6) is 0.606. The first-order valence-corrected chi connectivity index (χ1v) is 7.63. The van der Waals surface area contributed by atoms with Gasteiger partial charge in [-0.25, -0.2) is 5.43 Å². The highest BCUT2D eigenvalue weighted by Crippen LogP contribution is 2.28. The van der Waals surface area contributed by atoms with Crippen molar-refractivity contribution in [2.24, 2.45) is 5.10 Å². The molecule has 0 fully saturated rings. The van der Waals surface area contributed by atoms with Gasteiger partial charge in [-0.3, -0.25) is 19.9 Å². The summed E-state index contributed by atoms with van der Waals surface area (Å²) in [5, 5.41) is 14.7. The quantitative estimate of drug-likeness (QED) is 0.431. The Kier molecular flexibility index (Phi) is 4.84. The van der Waals surface area contributed by atoms with E-state index in [1.807, 2.05) is 0 Å². The lowest BCUT2D eigenvalue weighted by atomic mass is 10.1. The van der Waals surface area contributed by atoms with Crippen LogP contribution in [0.15, 0.2) is 64.4 Å². The van der Waals surface area contributed by atoms with Crippen molar-refractivity contribution in [2.45, 2.75) is 6.92 Å². The van der Waals surface area contributed by atoms with Gasteiger partial charge in [-0.15, -0.1) is 0 Å². The Labute approximate surface area is 148 Å². The average molecular weight is 350 g/mol. The second-order valence-corrected chi connectivity index (χ2v) is 5.40. The van der Waals surface area contributed by atoms with Gasteiger partial charge in [0.15, 0.2) is 0 Å². The van der Waals surface area contributed by atoms with Crippen molar-refractivity contribution >= 4 is 17.8 Å². The van der Waals surface area contributed by atoms with Gasteiger partial charge in [0.2, 0.25) is 0 Å². The summed E-state index contributed by atoms with van der Waals surface area (Å²) >= 11 is 0. The standard InChI is InChI=1S/C18H14N4O4/c1-12-9-14(22(24)25)4-6-16(12)17-7-5-15(26-17)11-20-21-18(23)13-3-2-8-19-10-13/h2-11H,1H3,(H,21,23). The number of rotatable bonds is 5. The van der Waals surface area contributed by atoms with Crippen molar-refractivity contribution < 1.29 is 14.1 Å². The number of pyridine rings is 1. The van der Waals surface area contributed by atoms with Gasteiger partial charge in [0.05, 0.1) is 16.7 Å². The highest BCUT2D eigenvalue weighted by Gasteiger charge is 2.12. The Bertz CT molecular complexity index is 980. The van der Waals surface area contributed by atoms with E-state index in [2.05, 4.69) is 15.5 Å². The summed E-state index contributed by atoms with van der Waals surface area (Å²) in [4.78, 5) is 26.1. The molecule has 0 aliphatic carbocycles. The molecule has 1 aromatic carbocycles. The molecule has 1 amide bonds. The van der Waals surface area contributed by atoms with Crippen molar-refractivity contribution in [3.05, 3.63) is 81.9 Å². The van der Waals surface area contributed by atoms with Gasteiger partial charge < -0.3 is 4.42 Å². The normalized spacial score (nSPS) is 10.8. The maximum atomic E-state index is 11.8. The van der Waals surface area contributed by atoms with Crippen LogP contribution in [0.3, 0.4) is 0 Å². The SMILES string of the molecule is Cc1cc([N+](=O)[O-])ccc1-c1ccc(C=NNC(=O)c2cccnc2)o1. The third kappa shape index (κ3) is 3.81. The maximum Gasteiger partial charge on any atom is 0.272 e. The minimum atomic E-state index is -0.443. The van der Waals surface area contributed by atoms with E-state index in [4.69, 9.17) is 4.42 Å². The largest absolute Gasteiger partial charge is 0.455 e. The molecule has 0 aliphatic rings. The molecule has 0 atom stereocenters. The van der Waals surface area contributed by atoms with Crippen LogP contribution in [0, 0.1) is 17.0 Å². The molecule has 8 nitrogen and oxygen atoms in total. The summed E-state index contributed by atoms with van der Waals surface area (Å²) in [6, 6.07) is 11.3. The third-order valence-electron chi connectivity index (χ3n) is 3.59. The first kappa shape index (κ1) is 17.0. The monoisotopic (exact) mass is 350 g/mol. The molecule has 1 N–H and O–H groups in total. The first-order chi connectivity index (χ1) is 12.5. The smallest absolute Gasteiger partial charge is 0.272 e. The summed E-state index contributed by atoms with van der Waals surface area (Å²) < 4.78 is 5.66. The van der Waals surface area contributed by atoms with Crippen LogP contribution in [-0.4, -0.2) is 22.0 Å². The van der Waals surface area contributed by atoms with Gasteiger partial charge in [0, 0.05) is 30.1 Å². The lowest BCUT2D eigenvalue weighted by Crippen LogP contribution is -2.17. The van der Waals surface area contributed by atoms with E-state index in [1.165, 1.54) is 24.5 Å². The van der Waals surface area contributed by atoms with Crippen molar-refractivity contribution in [2.75, 3.05) is 0 Å². The summed E-state index contributed by atoms with van der Waals surface area (Å²) in [6.07, 6.45) is 4.39. The topological polar surface area (TPSA) is 111 Å². The third-order valence-corrected chi connectivity index (χ3v) is 3.59. The van der Waals surface area contributed by atoms with Crippen molar-refractivity contribution in [1.29, 1.82) is 0 Å². The van der Waals surface area contributed by atoms with E-state index < -0.39 is 4.92 Å². The minimum absolute atomic E-state index is 0.0257. The zero-order valence-electron chi connectivity index (χ0n) is 13.7. The molecule has 0 bridgehead atoms. The van der Waals surface area contributed by atoms with Crippen molar-refractivity contribution in [3.8, 4) is 11.3 Å².